The van der Waals surface area contributed by atoms with E-state index in [4.69, 9.17) is 5.73 Å². The molecule has 0 aliphatic carbocycles. The van der Waals surface area contributed by atoms with E-state index < -0.39 is 0 Å². The second-order valence-corrected chi connectivity index (χ2v) is 4.56. The highest BCUT2D eigenvalue weighted by Crippen LogP contribution is 2.20. The third-order valence-electron chi connectivity index (χ3n) is 2.35. The Labute approximate surface area is 104 Å². The van der Waals surface area contributed by atoms with E-state index in [1.807, 2.05) is 23.8 Å². The Kier molecular flexibility index (Phi) is 4.11. The minimum Gasteiger partial charge on any atom is -0.329 e. The van der Waals surface area contributed by atoms with Gasteiger partial charge in [0.05, 0.1) is 0 Å². The van der Waals surface area contributed by atoms with Crippen molar-refractivity contribution in [3.8, 4) is 0 Å². The van der Waals surface area contributed by atoms with E-state index in [1.165, 1.54) is 5.56 Å². The average Bonchev–Trinajstić information content (AvgIpc) is 2.70. The summed E-state index contributed by atoms with van der Waals surface area (Å²) in [4.78, 5) is 4.08. The highest BCUT2D eigenvalue weighted by Gasteiger charge is 2.08. The Hall–Kier alpha value is -1.40. The summed E-state index contributed by atoms with van der Waals surface area (Å²) in [7, 11) is 0. The number of nitrogens with two attached hydrogens (primary N) is 1. The molecule has 0 aliphatic heterocycles. The molecule has 0 aliphatic rings. The molecule has 5 nitrogen and oxygen atoms in total. The number of hydrogen-bond acceptors (Lipinski definition) is 5. The SMILES string of the molecule is Cc1nnc(SCc2cccnc2)n1CCN. The van der Waals surface area contributed by atoms with Gasteiger partial charge in [0.25, 0.3) is 0 Å². The Morgan fingerprint density at radius 2 is 2.29 bits per heavy atom. The molecule has 17 heavy (non-hydrogen) atoms. The molecule has 0 unspecified atom stereocenters. The fourth-order valence-electron chi connectivity index (χ4n) is 1.49. The van der Waals surface area contributed by atoms with Gasteiger partial charge in [-0.25, -0.2) is 0 Å². The summed E-state index contributed by atoms with van der Waals surface area (Å²) in [6.07, 6.45) is 3.64. The third-order valence-corrected chi connectivity index (χ3v) is 3.38. The first-order valence-electron chi connectivity index (χ1n) is 5.43. The molecule has 0 saturated carbocycles. The van der Waals surface area contributed by atoms with Crippen molar-refractivity contribution < 1.29 is 0 Å². The maximum absolute atomic E-state index is 5.57. The fourth-order valence-corrected chi connectivity index (χ4v) is 2.43. The van der Waals surface area contributed by atoms with Gasteiger partial charge >= 0.3 is 0 Å². The van der Waals surface area contributed by atoms with Crippen LogP contribution < -0.4 is 5.73 Å². The van der Waals surface area contributed by atoms with Gasteiger partial charge in [-0.1, -0.05) is 17.8 Å². The van der Waals surface area contributed by atoms with Crippen molar-refractivity contribution >= 4 is 11.8 Å². The summed E-state index contributed by atoms with van der Waals surface area (Å²) in [5.41, 5.74) is 6.75. The molecule has 0 saturated heterocycles. The Morgan fingerprint density at radius 3 is 3.00 bits per heavy atom. The third kappa shape index (κ3) is 3.04. The molecule has 0 bridgehead atoms. The van der Waals surface area contributed by atoms with Gasteiger partial charge in [0.2, 0.25) is 0 Å². The quantitative estimate of drug-likeness (QED) is 0.807. The van der Waals surface area contributed by atoms with Crippen LogP contribution >= 0.6 is 11.8 Å². The second-order valence-electron chi connectivity index (χ2n) is 3.62. The molecule has 2 heterocycles. The van der Waals surface area contributed by atoms with E-state index in [0.29, 0.717) is 6.54 Å². The zero-order valence-corrected chi connectivity index (χ0v) is 10.5. The van der Waals surface area contributed by atoms with Gasteiger partial charge in [0.1, 0.15) is 5.82 Å². The number of pyridine rings is 1. The van der Waals surface area contributed by atoms with Crippen molar-refractivity contribution in [1.29, 1.82) is 0 Å². The number of rotatable bonds is 5. The number of aryl methyl sites for hydroxylation is 1. The van der Waals surface area contributed by atoms with Crippen LogP contribution in [0.15, 0.2) is 29.7 Å². The molecule has 0 aromatic carbocycles. The second kappa shape index (κ2) is 5.79. The Bertz CT molecular complexity index is 468. The first-order chi connectivity index (χ1) is 8.31. The smallest absolute Gasteiger partial charge is 0.191 e. The van der Waals surface area contributed by atoms with Crippen LogP contribution in [0.1, 0.15) is 11.4 Å². The molecule has 2 aromatic rings. The molecule has 0 spiro atoms. The lowest BCUT2D eigenvalue weighted by atomic mass is 10.3. The summed E-state index contributed by atoms with van der Waals surface area (Å²) in [5, 5.41) is 9.13. The maximum atomic E-state index is 5.57. The van der Waals surface area contributed by atoms with E-state index in [-0.39, 0.29) is 0 Å². The number of nitrogens with zero attached hydrogens (tertiary/aromatic N) is 4. The summed E-state index contributed by atoms with van der Waals surface area (Å²) >= 11 is 1.65. The highest BCUT2D eigenvalue weighted by molar-refractivity contribution is 7.98. The molecule has 2 aromatic heterocycles. The van der Waals surface area contributed by atoms with Gasteiger partial charge in [0.15, 0.2) is 5.16 Å². The molecule has 0 atom stereocenters. The summed E-state index contributed by atoms with van der Waals surface area (Å²) in [6.45, 7) is 3.30. The van der Waals surface area contributed by atoms with Crippen molar-refractivity contribution in [2.45, 2.75) is 24.4 Å². The molecule has 90 valence electrons. The lowest BCUT2D eigenvalue weighted by Crippen LogP contribution is -2.12. The predicted molar refractivity (Wildman–Crippen MR) is 67.6 cm³/mol. The minimum absolute atomic E-state index is 0.597. The van der Waals surface area contributed by atoms with Crippen molar-refractivity contribution in [2.75, 3.05) is 6.54 Å². The fraction of sp³-hybridized carbons (Fsp3) is 0.364. The summed E-state index contributed by atoms with van der Waals surface area (Å²) < 4.78 is 2.04. The predicted octanol–water partition coefficient (Wildman–Crippen LogP) is 1.23. The molecule has 0 amide bonds. The number of aromatic nitrogens is 4. The van der Waals surface area contributed by atoms with E-state index in [2.05, 4.69) is 21.2 Å². The monoisotopic (exact) mass is 249 g/mol. The molecular formula is C11H15N5S. The Balaban J connectivity index is 2.04. The molecule has 0 fully saturated rings. The van der Waals surface area contributed by atoms with E-state index in [1.54, 1.807) is 18.0 Å². The highest BCUT2D eigenvalue weighted by atomic mass is 32.2. The van der Waals surface area contributed by atoms with Crippen LogP contribution in [0.25, 0.3) is 0 Å². The Morgan fingerprint density at radius 1 is 1.41 bits per heavy atom. The van der Waals surface area contributed by atoms with Crippen molar-refractivity contribution in [2.24, 2.45) is 5.73 Å². The van der Waals surface area contributed by atoms with Gasteiger partial charge in [-0.15, -0.1) is 10.2 Å². The van der Waals surface area contributed by atoms with Crippen molar-refractivity contribution in [3.05, 3.63) is 35.9 Å². The lowest BCUT2D eigenvalue weighted by Gasteiger charge is -2.06. The van der Waals surface area contributed by atoms with E-state index >= 15 is 0 Å². The standard InChI is InChI=1S/C11H15N5S/c1-9-14-15-11(16(9)6-4-12)17-8-10-3-2-5-13-7-10/h2-3,5,7H,4,6,8,12H2,1H3. The van der Waals surface area contributed by atoms with Crippen LogP contribution in [0.4, 0.5) is 0 Å². The van der Waals surface area contributed by atoms with Gasteiger partial charge in [-0.2, -0.15) is 0 Å². The van der Waals surface area contributed by atoms with Gasteiger partial charge < -0.3 is 10.3 Å². The summed E-state index contributed by atoms with van der Waals surface area (Å²) in [5.74, 6) is 1.75. The van der Waals surface area contributed by atoms with Crippen molar-refractivity contribution in [3.63, 3.8) is 0 Å². The van der Waals surface area contributed by atoms with Gasteiger partial charge in [0, 0.05) is 31.2 Å². The largest absolute Gasteiger partial charge is 0.329 e. The van der Waals surface area contributed by atoms with Crippen LogP contribution in [-0.4, -0.2) is 26.3 Å². The molecule has 2 rings (SSSR count). The van der Waals surface area contributed by atoms with Crippen molar-refractivity contribution in [1.82, 2.24) is 19.7 Å². The zero-order chi connectivity index (χ0) is 12.1. The van der Waals surface area contributed by atoms with Crippen LogP contribution in [0.5, 0.6) is 0 Å². The first kappa shape index (κ1) is 12.1. The average molecular weight is 249 g/mol. The molecule has 0 radical (unpaired) electrons. The minimum atomic E-state index is 0.597. The van der Waals surface area contributed by atoms with Gasteiger partial charge in [-0.3, -0.25) is 4.98 Å². The van der Waals surface area contributed by atoms with Crippen LogP contribution in [-0.2, 0) is 12.3 Å². The summed E-state index contributed by atoms with van der Waals surface area (Å²) in [6, 6.07) is 3.99. The molecular weight excluding hydrogens is 234 g/mol. The molecule has 2 N–H and O–H groups in total. The van der Waals surface area contributed by atoms with Crippen LogP contribution in [0, 0.1) is 6.92 Å². The zero-order valence-electron chi connectivity index (χ0n) is 9.71. The maximum Gasteiger partial charge on any atom is 0.191 e. The van der Waals surface area contributed by atoms with E-state index in [9.17, 15) is 0 Å². The van der Waals surface area contributed by atoms with Gasteiger partial charge in [-0.05, 0) is 18.6 Å². The van der Waals surface area contributed by atoms with Crippen LogP contribution in [0.2, 0.25) is 0 Å². The number of thioether (sulfide) groups is 1. The molecule has 6 heteroatoms. The first-order valence-corrected chi connectivity index (χ1v) is 6.41. The van der Waals surface area contributed by atoms with E-state index in [0.717, 1.165) is 23.3 Å². The normalized spacial score (nSPS) is 10.7. The number of hydrogen-bond donors (Lipinski definition) is 1. The van der Waals surface area contributed by atoms with Crippen LogP contribution in [0.3, 0.4) is 0 Å². The topological polar surface area (TPSA) is 69.6 Å². The lowest BCUT2D eigenvalue weighted by molar-refractivity contribution is 0.627.